The van der Waals surface area contributed by atoms with Crippen molar-refractivity contribution >= 4 is 0 Å². The lowest BCUT2D eigenvalue weighted by atomic mass is 10.1. The molecule has 0 unspecified atom stereocenters. The Morgan fingerprint density at radius 2 is 2.31 bits per heavy atom. The zero-order valence-electron chi connectivity index (χ0n) is 10.2. The molecular weight excluding hydrogens is 200 g/mol. The Labute approximate surface area is 97.2 Å². The lowest BCUT2D eigenvalue weighted by molar-refractivity contribution is 0.199. The van der Waals surface area contributed by atoms with Gasteiger partial charge in [0.1, 0.15) is 0 Å². The summed E-state index contributed by atoms with van der Waals surface area (Å²) in [5.74, 6) is 0. The van der Waals surface area contributed by atoms with E-state index in [-0.39, 0.29) is 0 Å². The molecule has 0 spiro atoms. The summed E-state index contributed by atoms with van der Waals surface area (Å²) in [5, 5.41) is 3.37. The van der Waals surface area contributed by atoms with Crippen LogP contribution in [0.3, 0.4) is 0 Å². The number of methoxy groups -OCH3 is 1. The first-order valence-electron chi connectivity index (χ1n) is 5.99. The van der Waals surface area contributed by atoms with Crippen molar-refractivity contribution in [1.29, 1.82) is 0 Å². The molecule has 1 aliphatic carbocycles. The van der Waals surface area contributed by atoms with Crippen LogP contribution in [0.1, 0.15) is 28.9 Å². The van der Waals surface area contributed by atoms with Crippen LogP contribution >= 0.6 is 0 Å². The average Bonchev–Trinajstić information content (AvgIpc) is 2.71. The smallest absolute Gasteiger partial charge is 0.0587 e. The van der Waals surface area contributed by atoms with E-state index in [0.717, 1.165) is 26.1 Å². The molecule has 0 atom stereocenters. The quantitative estimate of drug-likeness (QED) is 0.766. The molecule has 16 heavy (non-hydrogen) atoms. The van der Waals surface area contributed by atoms with Gasteiger partial charge in [-0.3, -0.25) is 4.98 Å². The molecule has 1 aromatic heterocycles. The summed E-state index contributed by atoms with van der Waals surface area (Å²) < 4.78 is 5.01. The molecule has 0 amide bonds. The highest BCUT2D eigenvalue weighted by atomic mass is 16.5. The van der Waals surface area contributed by atoms with Crippen molar-refractivity contribution < 1.29 is 4.74 Å². The summed E-state index contributed by atoms with van der Waals surface area (Å²) in [6, 6.07) is 2.32. The predicted molar refractivity (Wildman–Crippen MR) is 64.6 cm³/mol. The fourth-order valence-electron chi connectivity index (χ4n) is 2.20. The molecule has 1 heterocycles. The molecule has 3 nitrogen and oxygen atoms in total. The molecule has 3 heteroatoms. The number of pyridine rings is 1. The van der Waals surface area contributed by atoms with Crippen LogP contribution in [-0.4, -0.2) is 25.2 Å². The van der Waals surface area contributed by atoms with Crippen LogP contribution in [-0.2, 0) is 24.1 Å². The third-order valence-electron chi connectivity index (χ3n) is 3.14. The van der Waals surface area contributed by atoms with Gasteiger partial charge in [0.15, 0.2) is 0 Å². The lowest BCUT2D eigenvalue weighted by Crippen LogP contribution is -2.19. The maximum atomic E-state index is 5.01. The Hall–Kier alpha value is -0.930. The van der Waals surface area contributed by atoms with Gasteiger partial charge in [-0.2, -0.15) is 0 Å². The molecule has 1 aliphatic rings. The highest BCUT2D eigenvalue weighted by molar-refractivity contribution is 5.32. The number of hydrogen-bond donors (Lipinski definition) is 1. The average molecular weight is 220 g/mol. The van der Waals surface area contributed by atoms with Crippen LogP contribution in [0.15, 0.2) is 6.07 Å². The van der Waals surface area contributed by atoms with Crippen LogP contribution in [0.4, 0.5) is 0 Å². The van der Waals surface area contributed by atoms with Crippen molar-refractivity contribution in [2.24, 2.45) is 0 Å². The fraction of sp³-hybridized carbons (Fsp3) is 0.615. The second kappa shape index (κ2) is 5.41. The molecule has 0 bridgehead atoms. The lowest BCUT2D eigenvalue weighted by Gasteiger charge is -2.09. The number of nitrogens with zero attached hydrogens (tertiary/aromatic N) is 1. The number of fused-ring (bicyclic) bond motifs is 1. The van der Waals surface area contributed by atoms with E-state index < -0.39 is 0 Å². The van der Waals surface area contributed by atoms with Crippen molar-refractivity contribution in [3.05, 3.63) is 28.6 Å². The topological polar surface area (TPSA) is 34.1 Å². The first-order chi connectivity index (χ1) is 7.81. The fourth-order valence-corrected chi connectivity index (χ4v) is 2.20. The highest BCUT2D eigenvalue weighted by Gasteiger charge is 2.14. The molecule has 0 saturated carbocycles. The first kappa shape index (κ1) is 11.6. The molecule has 0 saturated heterocycles. The molecule has 88 valence electrons. The number of rotatable bonds is 5. The molecule has 0 fully saturated rings. The number of hydrogen-bond acceptors (Lipinski definition) is 3. The minimum atomic E-state index is 0.761. The monoisotopic (exact) mass is 220 g/mol. The normalized spacial score (nSPS) is 14.1. The van der Waals surface area contributed by atoms with Gasteiger partial charge in [-0.15, -0.1) is 0 Å². The van der Waals surface area contributed by atoms with Gasteiger partial charge in [0.25, 0.3) is 0 Å². The number of aromatic nitrogens is 1. The van der Waals surface area contributed by atoms with Crippen LogP contribution in [0.2, 0.25) is 0 Å². The Balaban J connectivity index is 1.98. The van der Waals surface area contributed by atoms with Crippen LogP contribution in [0.5, 0.6) is 0 Å². The minimum absolute atomic E-state index is 0.761. The van der Waals surface area contributed by atoms with E-state index in [1.54, 1.807) is 7.11 Å². The van der Waals surface area contributed by atoms with Crippen LogP contribution in [0.25, 0.3) is 0 Å². The zero-order chi connectivity index (χ0) is 11.4. The van der Waals surface area contributed by atoms with Crippen molar-refractivity contribution in [2.75, 3.05) is 20.3 Å². The Bertz CT molecular complexity index is 363. The van der Waals surface area contributed by atoms with E-state index in [1.165, 1.54) is 35.4 Å². The van der Waals surface area contributed by atoms with Crippen molar-refractivity contribution in [3.63, 3.8) is 0 Å². The molecule has 1 aromatic rings. The maximum Gasteiger partial charge on any atom is 0.0587 e. The summed E-state index contributed by atoms with van der Waals surface area (Å²) in [6.07, 6.45) is 3.63. The molecule has 0 radical (unpaired) electrons. The van der Waals surface area contributed by atoms with Crippen molar-refractivity contribution in [1.82, 2.24) is 10.3 Å². The molecule has 0 aromatic carbocycles. The highest BCUT2D eigenvalue weighted by Crippen LogP contribution is 2.22. The zero-order valence-corrected chi connectivity index (χ0v) is 10.2. The maximum absolute atomic E-state index is 5.01. The van der Waals surface area contributed by atoms with Crippen molar-refractivity contribution in [2.45, 2.75) is 32.7 Å². The van der Waals surface area contributed by atoms with Gasteiger partial charge in [0, 0.05) is 31.6 Å². The molecule has 2 rings (SSSR count). The van der Waals surface area contributed by atoms with Gasteiger partial charge in [0.05, 0.1) is 6.61 Å². The Morgan fingerprint density at radius 3 is 3.12 bits per heavy atom. The van der Waals surface area contributed by atoms with Gasteiger partial charge in [-0.1, -0.05) is 6.07 Å². The Kier molecular flexibility index (Phi) is 3.91. The van der Waals surface area contributed by atoms with E-state index in [2.05, 4.69) is 23.3 Å². The van der Waals surface area contributed by atoms with E-state index in [9.17, 15) is 0 Å². The summed E-state index contributed by atoms with van der Waals surface area (Å²) in [6.45, 7) is 4.66. The van der Waals surface area contributed by atoms with E-state index in [1.807, 2.05) is 0 Å². The summed E-state index contributed by atoms with van der Waals surface area (Å²) in [4.78, 5) is 4.68. The number of ether oxygens (including phenoxy) is 1. The molecular formula is C13H20N2O. The van der Waals surface area contributed by atoms with Gasteiger partial charge < -0.3 is 10.1 Å². The molecule has 1 N–H and O–H groups in total. The third kappa shape index (κ3) is 2.60. The summed E-state index contributed by atoms with van der Waals surface area (Å²) in [5.41, 5.74) is 5.27. The van der Waals surface area contributed by atoms with Gasteiger partial charge in [0.2, 0.25) is 0 Å². The second-order valence-electron chi connectivity index (χ2n) is 4.36. The third-order valence-corrected chi connectivity index (χ3v) is 3.14. The standard InChI is InChI=1S/C13H20N2O/c1-10-12(9-14-6-7-16-2)8-11-4-3-5-13(11)15-10/h8,14H,3-7,9H2,1-2H3. The SMILES string of the molecule is COCCNCc1cc2c(nc1C)CCC2. The van der Waals surface area contributed by atoms with Gasteiger partial charge >= 0.3 is 0 Å². The van der Waals surface area contributed by atoms with Gasteiger partial charge in [-0.05, 0) is 37.3 Å². The van der Waals surface area contributed by atoms with Crippen LogP contribution < -0.4 is 5.32 Å². The second-order valence-corrected chi connectivity index (χ2v) is 4.36. The van der Waals surface area contributed by atoms with Crippen LogP contribution in [0, 0.1) is 6.92 Å². The largest absolute Gasteiger partial charge is 0.383 e. The molecule has 0 aliphatic heterocycles. The van der Waals surface area contributed by atoms with E-state index in [4.69, 9.17) is 4.74 Å². The van der Waals surface area contributed by atoms with E-state index >= 15 is 0 Å². The van der Waals surface area contributed by atoms with Gasteiger partial charge in [-0.25, -0.2) is 0 Å². The number of nitrogens with one attached hydrogen (secondary N) is 1. The predicted octanol–water partition coefficient (Wildman–Crippen LogP) is 1.61. The minimum Gasteiger partial charge on any atom is -0.383 e. The van der Waals surface area contributed by atoms with E-state index in [0.29, 0.717) is 0 Å². The Morgan fingerprint density at radius 1 is 1.44 bits per heavy atom. The summed E-state index contributed by atoms with van der Waals surface area (Å²) >= 11 is 0. The first-order valence-corrected chi connectivity index (χ1v) is 5.99. The number of aryl methyl sites for hydroxylation is 3. The summed E-state index contributed by atoms with van der Waals surface area (Å²) in [7, 11) is 1.73. The van der Waals surface area contributed by atoms with Crippen molar-refractivity contribution in [3.8, 4) is 0 Å².